The second-order valence-electron chi connectivity index (χ2n) is 1.56. The van der Waals surface area contributed by atoms with Crippen LogP contribution < -0.4 is 11.1 Å². The Bertz CT molecular complexity index is 66.5. The van der Waals surface area contributed by atoms with Crippen molar-refractivity contribution in [3.63, 3.8) is 0 Å². The Morgan fingerprint density at radius 2 is 2.29 bits per heavy atom. The second-order valence-corrected chi connectivity index (χ2v) is 1.56. The summed E-state index contributed by atoms with van der Waals surface area (Å²) in [5, 5.41) is 2.84. The molecule has 0 aromatic carbocycles. The molecule has 0 aliphatic rings. The van der Waals surface area contributed by atoms with Gasteiger partial charge in [0.1, 0.15) is 0 Å². The molecule has 0 heterocycles. The third kappa shape index (κ3) is 2.23. The summed E-state index contributed by atoms with van der Waals surface area (Å²) in [4.78, 5) is 0. The lowest BCUT2D eigenvalue weighted by Crippen LogP contribution is -2.25. The zero-order valence-corrected chi connectivity index (χ0v) is 4.86. The summed E-state index contributed by atoms with van der Waals surface area (Å²) >= 11 is 0. The Labute approximate surface area is 44.4 Å². The quantitative estimate of drug-likeness (QED) is 0.515. The first-order valence-corrected chi connectivity index (χ1v) is 2.30. The molecule has 0 amide bonds. The molecule has 0 unspecified atom stereocenters. The average Bonchev–Trinajstić information content (AvgIpc) is 1.65. The van der Waals surface area contributed by atoms with Crippen LogP contribution in [-0.4, -0.2) is 13.1 Å². The molecule has 0 aliphatic carbocycles. The average molecular weight is 100 g/mol. The molecule has 0 aromatic rings. The molecule has 0 saturated carbocycles. The van der Waals surface area contributed by atoms with E-state index in [1.165, 1.54) is 0 Å². The van der Waals surface area contributed by atoms with Gasteiger partial charge in [0.25, 0.3) is 0 Å². The van der Waals surface area contributed by atoms with E-state index in [-0.39, 0.29) is 6.04 Å². The van der Waals surface area contributed by atoms with Crippen LogP contribution in [0.1, 0.15) is 6.92 Å². The van der Waals surface area contributed by atoms with Crippen LogP contribution >= 0.6 is 0 Å². The van der Waals surface area contributed by atoms with Crippen molar-refractivity contribution >= 4 is 0 Å². The maximum atomic E-state index is 5.38. The summed E-state index contributed by atoms with van der Waals surface area (Å²) < 4.78 is 0. The van der Waals surface area contributed by atoms with Gasteiger partial charge < -0.3 is 11.1 Å². The molecule has 3 N–H and O–H groups in total. The predicted molar refractivity (Wildman–Crippen MR) is 31.8 cm³/mol. The molecule has 1 atom stereocenters. The molecular weight excluding hydrogens is 88.1 g/mol. The topological polar surface area (TPSA) is 38.0 Å². The van der Waals surface area contributed by atoms with E-state index in [0.29, 0.717) is 0 Å². The summed E-state index contributed by atoms with van der Waals surface area (Å²) in [6, 6.07) is 0.0602. The van der Waals surface area contributed by atoms with Crippen LogP contribution in [0.15, 0.2) is 12.3 Å². The first kappa shape index (κ1) is 6.50. The Morgan fingerprint density at radius 3 is 2.29 bits per heavy atom. The smallest absolute Gasteiger partial charge is 0.0409 e. The third-order valence-electron chi connectivity index (χ3n) is 0.871. The fourth-order valence-corrected chi connectivity index (χ4v) is 0.228. The molecule has 7 heavy (non-hydrogen) atoms. The van der Waals surface area contributed by atoms with E-state index < -0.39 is 0 Å². The number of hydrogen-bond donors (Lipinski definition) is 2. The van der Waals surface area contributed by atoms with E-state index in [0.717, 1.165) is 5.70 Å². The van der Waals surface area contributed by atoms with E-state index in [2.05, 4.69) is 11.9 Å². The van der Waals surface area contributed by atoms with Crippen molar-refractivity contribution in [1.29, 1.82) is 0 Å². The van der Waals surface area contributed by atoms with E-state index in [1.54, 1.807) is 0 Å². The Morgan fingerprint density at radius 1 is 1.86 bits per heavy atom. The molecule has 2 heteroatoms. The van der Waals surface area contributed by atoms with Gasteiger partial charge in [0.15, 0.2) is 0 Å². The van der Waals surface area contributed by atoms with Gasteiger partial charge in [-0.3, -0.25) is 0 Å². The zero-order chi connectivity index (χ0) is 5.86. The Hall–Kier alpha value is -0.500. The maximum absolute atomic E-state index is 5.38. The van der Waals surface area contributed by atoms with Crippen LogP contribution in [0.5, 0.6) is 0 Å². The van der Waals surface area contributed by atoms with Gasteiger partial charge in [0.05, 0.1) is 0 Å². The van der Waals surface area contributed by atoms with E-state index in [9.17, 15) is 0 Å². The Balaban J connectivity index is 3.35. The van der Waals surface area contributed by atoms with Gasteiger partial charge >= 0.3 is 0 Å². The van der Waals surface area contributed by atoms with Crippen molar-refractivity contribution in [3.8, 4) is 0 Å². The lowest BCUT2D eigenvalue weighted by Gasteiger charge is -2.06. The van der Waals surface area contributed by atoms with Crippen molar-refractivity contribution in [3.05, 3.63) is 12.3 Å². The van der Waals surface area contributed by atoms with E-state index >= 15 is 0 Å². The van der Waals surface area contributed by atoms with E-state index in [4.69, 9.17) is 5.73 Å². The molecule has 0 spiro atoms. The normalized spacial score (nSPS) is 13.0. The van der Waals surface area contributed by atoms with Crippen LogP contribution in [0.2, 0.25) is 0 Å². The molecule has 0 saturated heterocycles. The predicted octanol–water partition coefficient (Wildman–Crippen LogP) is 0.0667. The first-order chi connectivity index (χ1) is 3.18. The highest BCUT2D eigenvalue weighted by atomic mass is 14.9. The first-order valence-electron chi connectivity index (χ1n) is 2.30. The standard InChI is InChI=1S/C5H12N2/c1-4(6)5(2)7-3/h4,7H,2,6H2,1,3H3/t4-/m0/s1. The highest BCUT2D eigenvalue weighted by Gasteiger charge is 1.92. The minimum absolute atomic E-state index is 0.0602. The molecule has 0 aliphatic heterocycles. The van der Waals surface area contributed by atoms with Crippen LogP contribution in [0.25, 0.3) is 0 Å². The number of likely N-dealkylation sites (N-methyl/N-ethyl adjacent to an activating group) is 1. The van der Waals surface area contributed by atoms with Crippen LogP contribution in [0, 0.1) is 0 Å². The van der Waals surface area contributed by atoms with Gasteiger partial charge in [-0.2, -0.15) is 0 Å². The summed E-state index contributed by atoms with van der Waals surface area (Å²) in [7, 11) is 1.81. The lowest BCUT2D eigenvalue weighted by molar-refractivity contribution is 0.779. The van der Waals surface area contributed by atoms with Crippen molar-refractivity contribution in [2.75, 3.05) is 7.05 Å². The molecule has 0 rings (SSSR count). The van der Waals surface area contributed by atoms with Crippen LogP contribution in [-0.2, 0) is 0 Å². The van der Waals surface area contributed by atoms with Gasteiger partial charge in [-0.1, -0.05) is 6.58 Å². The SMILES string of the molecule is C=C(NC)[C@H](C)N. The number of rotatable bonds is 2. The van der Waals surface area contributed by atoms with Gasteiger partial charge in [0.2, 0.25) is 0 Å². The fourth-order valence-electron chi connectivity index (χ4n) is 0.228. The molecule has 0 bridgehead atoms. The summed E-state index contributed by atoms with van der Waals surface area (Å²) in [6.45, 7) is 5.52. The fraction of sp³-hybridized carbons (Fsp3) is 0.600. The summed E-state index contributed by atoms with van der Waals surface area (Å²) in [6.07, 6.45) is 0. The number of hydrogen-bond acceptors (Lipinski definition) is 2. The minimum Gasteiger partial charge on any atom is -0.391 e. The number of nitrogens with one attached hydrogen (secondary N) is 1. The molecule has 0 fully saturated rings. The zero-order valence-electron chi connectivity index (χ0n) is 4.86. The molecule has 0 radical (unpaired) electrons. The number of nitrogens with two attached hydrogens (primary N) is 1. The largest absolute Gasteiger partial charge is 0.391 e. The highest BCUT2D eigenvalue weighted by molar-refractivity contribution is 4.97. The van der Waals surface area contributed by atoms with Crippen molar-refractivity contribution in [2.24, 2.45) is 5.73 Å². The summed E-state index contributed by atoms with van der Waals surface area (Å²) in [5.41, 5.74) is 6.26. The van der Waals surface area contributed by atoms with Crippen molar-refractivity contribution in [2.45, 2.75) is 13.0 Å². The Kier molecular flexibility index (Phi) is 2.45. The highest BCUT2D eigenvalue weighted by Crippen LogP contribution is 1.84. The van der Waals surface area contributed by atoms with Crippen LogP contribution in [0.3, 0.4) is 0 Å². The van der Waals surface area contributed by atoms with Crippen molar-refractivity contribution < 1.29 is 0 Å². The van der Waals surface area contributed by atoms with E-state index in [1.807, 2.05) is 14.0 Å². The third-order valence-corrected chi connectivity index (χ3v) is 0.871. The second kappa shape index (κ2) is 2.64. The monoisotopic (exact) mass is 100 g/mol. The molecule has 42 valence electrons. The van der Waals surface area contributed by atoms with Gasteiger partial charge in [-0.05, 0) is 6.92 Å². The van der Waals surface area contributed by atoms with Gasteiger partial charge in [-0.25, -0.2) is 0 Å². The molecular formula is C5H12N2. The van der Waals surface area contributed by atoms with Gasteiger partial charge in [0, 0.05) is 18.8 Å². The molecule has 0 aromatic heterocycles. The minimum atomic E-state index is 0.0602. The summed E-state index contributed by atoms with van der Waals surface area (Å²) in [5.74, 6) is 0. The molecule has 2 nitrogen and oxygen atoms in total. The van der Waals surface area contributed by atoms with Gasteiger partial charge in [-0.15, -0.1) is 0 Å². The van der Waals surface area contributed by atoms with Crippen LogP contribution in [0.4, 0.5) is 0 Å². The van der Waals surface area contributed by atoms with Crippen molar-refractivity contribution in [1.82, 2.24) is 5.32 Å². The maximum Gasteiger partial charge on any atom is 0.0409 e. The lowest BCUT2D eigenvalue weighted by atomic mass is 10.3.